The molecule has 0 aliphatic heterocycles. The Bertz CT molecular complexity index is 642. The highest BCUT2D eigenvalue weighted by Crippen LogP contribution is 2.38. The number of halogens is 1. The molecule has 3 N–H and O–H groups in total. The van der Waals surface area contributed by atoms with E-state index in [0.717, 1.165) is 0 Å². The highest BCUT2D eigenvalue weighted by atomic mass is 79.9. The van der Waals surface area contributed by atoms with Crippen molar-refractivity contribution < 1.29 is 14.3 Å². The first-order valence-electron chi connectivity index (χ1n) is 5.79. The molecule has 0 saturated heterocycles. The Morgan fingerprint density at radius 1 is 1.40 bits per heavy atom. The van der Waals surface area contributed by atoms with Crippen molar-refractivity contribution in [1.29, 1.82) is 0 Å². The van der Waals surface area contributed by atoms with E-state index in [-0.39, 0.29) is 5.69 Å². The van der Waals surface area contributed by atoms with E-state index in [2.05, 4.69) is 31.3 Å². The minimum atomic E-state index is -0.658. The largest absolute Gasteiger partial charge is 0.493 e. The summed E-state index contributed by atoms with van der Waals surface area (Å²) in [7, 11) is 1.55. The summed E-state index contributed by atoms with van der Waals surface area (Å²) < 4.78 is 11.4. The Morgan fingerprint density at radius 2 is 2.15 bits per heavy atom. The van der Waals surface area contributed by atoms with Crippen LogP contribution in [0.5, 0.6) is 11.5 Å². The van der Waals surface area contributed by atoms with Crippen LogP contribution in [-0.4, -0.2) is 35.0 Å². The summed E-state index contributed by atoms with van der Waals surface area (Å²) in [6.07, 6.45) is 0. The molecule has 0 aliphatic carbocycles. The number of nitrogens with two attached hydrogens (primary N) is 1. The monoisotopic (exact) mass is 340 g/mol. The van der Waals surface area contributed by atoms with E-state index < -0.39 is 5.91 Å². The Balaban J connectivity index is 2.59. The Morgan fingerprint density at radius 3 is 2.75 bits per heavy atom. The lowest BCUT2D eigenvalue weighted by Gasteiger charge is -2.12. The molecule has 0 spiro atoms. The molecule has 1 aromatic carbocycles. The summed E-state index contributed by atoms with van der Waals surface area (Å²) in [5.74, 6) is 0.465. The van der Waals surface area contributed by atoms with Gasteiger partial charge in [-0.1, -0.05) is 0 Å². The molecule has 0 bridgehead atoms. The van der Waals surface area contributed by atoms with Crippen molar-refractivity contribution in [2.45, 2.75) is 6.92 Å². The maximum atomic E-state index is 11.3. The molecule has 2 rings (SSSR count). The van der Waals surface area contributed by atoms with Crippen molar-refractivity contribution in [3.8, 4) is 22.8 Å². The lowest BCUT2D eigenvalue weighted by Crippen LogP contribution is -2.12. The van der Waals surface area contributed by atoms with Gasteiger partial charge < -0.3 is 15.2 Å². The first-order chi connectivity index (χ1) is 9.58. The number of carbonyl (C=O) groups excluding carboxylic acids is 1. The van der Waals surface area contributed by atoms with Crippen molar-refractivity contribution in [3.63, 3.8) is 0 Å². The zero-order valence-corrected chi connectivity index (χ0v) is 12.5. The lowest BCUT2D eigenvalue weighted by atomic mass is 10.1. The first-order valence-corrected chi connectivity index (χ1v) is 6.59. The molecule has 2 aromatic rings. The van der Waals surface area contributed by atoms with E-state index in [1.807, 2.05) is 6.92 Å². The van der Waals surface area contributed by atoms with E-state index in [1.54, 1.807) is 19.2 Å². The highest BCUT2D eigenvalue weighted by Gasteiger charge is 2.20. The van der Waals surface area contributed by atoms with E-state index in [4.69, 9.17) is 15.2 Å². The molecule has 0 unspecified atom stereocenters. The third kappa shape index (κ3) is 2.60. The molecular formula is C12H13BrN4O3. The Labute approximate surface area is 123 Å². The quantitative estimate of drug-likeness (QED) is 0.862. The molecule has 106 valence electrons. The molecule has 0 saturated carbocycles. The topological polar surface area (TPSA) is 103 Å². The number of hydrogen-bond acceptors (Lipinski definition) is 5. The van der Waals surface area contributed by atoms with Crippen LogP contribution in [0.3, 0.4) is 0 Å². The van der Waals surface area contributed by atoms with Crippen LogP contribution in [0.15, 0.2) is 16.6 Å². The fraction of sp³-hybridized carbons (Fsp3) is 0.250. The number of amides is 1. The molecule has 8 heteroatoms. The molecule has 0 fully saturated rings. The van der Waals surface area contributed by atoms with Crippen LogP contribution in [0.4, 0.5) is 0 Å². The summed E-state index contributed by atoms with van der Waals surface area (Å²) in [6, 6.07) is 3.45. The Hall–Kier alpha value is -2.09. The zero-order valence-electron chi connectivity index (χ0n) is 10.9. The molecular weight excluding hydrogens is 328 g/mol. The van der Waals surface area contributed by atoms with Crippen LogP contribution in [0.2, 0.25) is 0 Å². The summed E-state index contributed by atoms with van der Waals surface area (Å²) in [6.45, 7) is 2.35. The van der Waals surface area contributed by atoms with Crippen LogP contribution < -0.4 is 15.2 Å². The number of primary amides is 1. The van der Waals surface area contributed by atoms with Gasteiger partial charge in [0.05, 0.1) is 13.7 Å². The van der Waals surface area contributed by atoms with Crippen LogP contribution in [0.1, 0.15) is 17.4 Å². The Kier molecular flexibility index (Phi) is 4.23. The fourth-order valence-electron chi connectivity index (χ4n) is 1.73. The van der Waals surface area contributed by atoms with Gasteiger partial charge in [-0.25, -0.2) is 0 Å². The van der Waals surface area contributed by atoms with Gasteiger partial charge in [0.15, 0.2) is 17.2 Å². The summed E-state index contributed by atoms with van der Waals surface area (Å²) in [4.78, 5) is 11.3. The summed E-state index contributed by atoms with van der Waals surface area (Å²) >= 11 is 3.41. The van der Waals surface area contributed by atoms with Crippen molar-refractivity contribution >= 4 is 21.8 Å². The summed E-state index contributed by atoms with van der Waals surface area (Å²) in [5.41, 5.74) is 6.32. The van der Waals surface area contributed by atoms with Crippen molar-refractivity contribution in [2.75, 3.05) is 13.7 Å². The average Bonchev–Trinajstić information content (AvgIpc) is 2.89. The van der Waals surface area contributed by atoms with Gasteiger partial charge in [0.1, 0.15) is 5.69 Å². The van der Waals surface area contributed by atoms with Gasteiger partial charge >= 0.3 is 0 Å². The van der Waals surface area contributed by atoms with Crippen LogP contribution >= 0.6 is 15.9 Å². The van der Waals surface area contributed by atoms with Gasteiger partial charge in [-0.3, -0.25) is 4.79 Å². The van der Waals surface area contributed by atoms with E-state index in [9.17, 15) is 4.79 Å². The first kappa shape index (κ1) is 14.3. The molecule has 20 heavy (non-hydrogen) atoms. The second kappa shape index (κ2) is 5.91. The number of aromatic amines is 1. The number of carbonyl (C=O) groups is 1. The minimum Gasteiger partial charge on any atom is -0.493 e. The second-order valence-electron chi connectivity index (χ2n) is 3.80. The third-order valence-electron chi connectivity index (χ3n) is 2.59. The highest BCUT2D eigenvalue weighted by molar-refractivity contribution is 9.10. The number of rotatable bonds is 5. The van der Waals surface area contributed by atoms with Crippen LogP contribution in [0, 0.1) is 0 Å². The smallest absolute Gasteiger partial charge is 0.271 e. The van der Waals surface area contributed by atoms with Gasteiger partial charge in [0.25, 0.3) is 5.91 Å². The lowest BCUT2D eigenvalue weighted by molar-refractivity contribution is 0.0996. The number of hydrogen-bond donors (Lipinski definition) is 2. The maximum Gasteiger partial charge on any atom is 0.271 e. The number of benzene rings is 1. The van der Waals surface area contributed by atoms with E-state index in [1.165, 1.54) is 0 Å². The van der Waals surface area contributed by atoms with Gasteiger partial charge in [-0.15, -0.1) is 0 Å². The standard InChI is InChI=1S/C12H13BrN4O3/c1-3-20-9-4-6(7(13)5-8(9)19-2)10-11(12(14)18)16-17-15-10/h4-5H,3H2,1-2H3,(H2,14,18)(H,15,16,17). The third-order valence-corrected chi connectivity index (χ3v) is 3.25. The van der Waals surface area contributed by atoms with Crippen molar-refractivity contribution in [2.24, 2.45) is 5.73 Å². The molecule has 1 amide bonds. The molecule has 0 radical (unpaired) electrons. The molecule has 1 aromatic heterocycles. The number of nitrogens with one attached hydrogen (secondary N) is 1. The number of methoxy groups -OCH3 is 1. The van der Waals surface area contributed by atoms with Crippen LogP contribution in [0.25, 0.3) is 11.3 Å². The van der Waals surface area contributed by atoms with Crippen molar-refractivity contribution in [3.05, 3.63) is 22.3 Å². The van der Waals surface area contributed by atoms with Gasteiger partial charge in [0, 0.05) is 10.0 Å². The molecule has 0 atom stereocenters. The zero-order chi connectivity index (χ0) is 14.7. The molecule has 1 heterocycles. The summed E-state index contributed by atoms with van der Waals surface area (Å²) in [5, 5.41) is 10.1. The predicted molar refractivity (Wildman–Crippen MR) is 75.8 cm³/mol. The number of nitrogens with zero attached hydrogens (tertiary/aromatic N) is 2. The van der Waals surface area contributed by atoms with Gasteiger partial charge in [-0.05, 0) is 35.0 Å². The fourth-order valence-corrected chi connectivity index (χ4v) is 2.25. The van der Waals surface area contributed by atoms with Gasteiger partial charge in [0.2, 0.25) is 0 Å². The molecule has 7 nitrogen and oxygen atoms in total. The SMILES string of the molecule is CCOc1cc(-c2n[nH]nc2C(N)=O)c(Br)cc1OC. The minimum absolute atomic E-state index is 0.0679. The van der Waals surface area contributed by atoms with E-state index in [0.29, 0.717) is 33.8 Å². The van der Waals surface area contributed by atoms with Crippen molar-refractivity contribution in [1.82, 2.24) is 15.4 Å². The maximum absolute atomic E-state index is 11.3. The second-order valence-corrected chi connectivity index (χ2v) is 4.66. The number of H-pyrrole nitrogens is 1. The number of ether oxygens (including phenoxy) is 2. The molecule has 0 aliphatic rings. The normalized spacial score (nSPS) is 10.3. The number of aromatic nitrogens is 3. The van der Waals surface area contributed by atoms with Crippen LogP contribution in [-0.2, 0) is 0 Å². The van der Waals surface area contributed by atoms with E-state index >= 15 is 0 Å². The predicted octanol–water partition coefficient (Wildman–Crippen LogP) is 1.74. The van der Waals surface area contributed by atoms with Gasteiger partial charge in [-0.2, -0.15) is 15.4 Å². The average molecular weight is 341 g/mol.